The first-order chi connectivity index (χ1) is 7.00. The molecule has 2 heterocycles. The summed E-state index contributed by atoms with van der Waals surface area (Å²) < 4.78 is 0. The number of amides is 1. The summed E-state index contributed by atoms with van der Waals surface area (Å²) in [6, 6.07) is 0. The molecule has 1 saturated heterocycles. The van der Waals surface area contributed by atoms with E-state index in [1.54, 1.807) is 12.4 Å². The van der Waals surface area contributed by atoms with Crippen molar-refractivity contribution < 1.29 is 4.79 Å². The van der Waals surface area contributed by atoms with Crippen molar-refractivity contribution >= 4 is 21.8 Å². The number of hydrogen-bond donors (Lipinski definition) is 1. The summed E-state index contributed by atoms with van der Waals surface area (Å²) in [5, 5.41) is 6.44. The zero-order valence-corrected chi connectivity index (χ0v) is 10.4. The first kappa shape index (κ1) is 10.7. The third kappa shape index (κ3) is 1.93. The van der Waals surface area contributed by atoms with Gasteiger partial charge in [-0.1, -0.05) is 29.8 Å². The van der Waals surface area contributed by atoms with E-state index < -0.39 is 0 Å². The van der Waals surface area contributed by atoms with Crippen molar-refractivity contribution in [2.75, 3.05) is 13.1 Å². The van der Waals surface area contributed by atoms with Gasteiger partial charge in [-0.3, -0.25) is 9.89 Å². The maximum Gasteiger partial charge on any atom is 0.257 e. The highest BCUT2D eigenvalue weighted by Gasteiger charge is 2.39. The number of carbonyl (C=O) groups excluding carboxylic acids is 1. The molecule has 0 spiro atoms. The van der Waals surface area contributed by atoms with Gasteiger partial charge in [-0.25, -0.2) is 0 Å². The van der Waals surface area contributed by atoms with E-state index in [9.17, 15) is 4.79 Å². The highest BCUT2D eigenvalue weighted by atomic mass is 79.9. The molecule has 0 bridgehead atoms. The average molecular weight is 272 g/mol. The van der Waals surface area contributed by atoms with Gasteiger partial charge >= 0.3 is 0 Å². The van der Waals surface area contributed by atoms with Crippen molar-refractivity contribution in [3.8, 4) is 0 Å². The number of aromatic amines is 1. The molecule has 0 aliphatic carbocycles. The Balaban J connectivity index is 2.12. The van der Waals surface area contributed by atoms with Gasteiger partial charge in [0.25, 0.3) is 5.91 Å². The fourth-order valence-electron chi connectivity index (χ4n) is 1.80. The quantitative estimate of drug-likeness (QED) is 0.790. The summed E-state index contributed by atoms with van der Waals surface area (Å²) in [5.41, 5.74) is 0.770. The fraction of sp³-hybridized carbons (Fsp3) is 0.600. The van der Waals surface area contributed by atoms with Gasteiger partial charge in [-0.2, -0.15) is 5.10 Å². The van der Waals surface area contributed by atoms with Crippen molar-refractivity contribution in [3.05, 3.63) is 18.0 Å². The molecule has 1 N–H and O–H groups in total. The molecule has 1 aromatic rings. The van der Waals surface area contributed by atoms with Gasteiger partial charge in [0.1, 0.15) is 0 Å². The minimum absolute atomic E-state index is 0.0544. The Morgan fingerprint density at radius 2 is 2.47 bits per heavy atom. The third-order valence-corrected chi connectivity index (χ3v) is 4.39. The Morgan fingerprint density at radius 1 is 1.73 bits per heavy atom. The molecule has 1 aliphatic heterocycles. The van der Waals surface area contributed by atoms with E-state index in [2.05, 4.69) is 40.0 Å². The Bertz CT molecular complexity index is 361. The molecule has 0 radical (unpaired) electrons. The minimum atomic E-state index is 0.0544. The van der Waals surface area contributed by atoms with Crippen LogP contribution in [0.3, 0.4) is 0 Å². The Hall–Kier alpha value is -0.840. The summed E-state index contributed by atoms with van der Waals surface area (Å²) in [7, 11) is 0. The van der Waals surface area contributed by atoms with Crippen LogP contribution >= 0.6 is 15.9 Å². The Labute approximate surface area is 97.2 Å². The van der Waals surface area contributed by atoms with Crippen molar-refractivity contribution in [2.45, 2.75) is 18.7 Å². The van der Waals surface area contributed by atoms with Crippen LogP contribution in [0, 0.1) is 5.41 Å². The lowest BCUT2D eigenvalue weighted by molar-refractivity contribution is 0.0778. The van der Waals surface area contributed by atoms with E-state index in [-0.39, 0.29) is 11.3 Å². The van der Waals surface area contributed by atoms with Gasteiger partial charge in [0.2, 0.25) is 0 Å². The molecule has 5 heteroatoms. The predicted octanol–water partition coefficient (Wildman–Crippen LogP) is 1.66. The number of aromatic nitrogens is 2. The van der Waals surface area contributed by atoms with Crippen LogP contribution in [0.1, 0.15) is 24.2 Å². The molecule has 82 valence electrons. The van der Waals surface area contributed by atoms with Gasteiger partial charge in [-0.15, -0.1) is 0 Å². The van der Waals surface area contributed by atoms with Crippen molar-refractivity contribution in [1.29, 1.82) is 0 Å². The van der Waals surface area contributed by atoms with Crippen LogP contribution < -0.4 is 0 Å². The third-order valence-electron chi connectivity index (χ3n) is 2.86. The molecular formula is C10H14BrN3O. The first-order valence-electron chi connectivity index (χ1n) is 4.93. The van der Waals surface area contributed by atoms with Crippen molar-refractivity contribution in [1.82, 2.24) is 15.1 Å². The predicted molar refractivity (Wildman–Crippen MR) is 61.0 cm³/mol. The lowest BCUT2D eigenvalue weighted by atomic mass is 9.93. The molecule has 1 aliphatic rings. The Kier molecular flexibility index (Phi) is 2.58. The van der Waals surface area contributed by atoms with E-state index in [1.807, 2.05) is 4.90 Å². The number of hydrogen-bond acceptors (Lipinski definition) is 2. The molecule has 0 aromatic carbocycles. The molecule has 1 fully saturated rings. The highest BCUT2D eigenvalue weighted by molar-refractivity contribution is 9.09. The van der Waals surface area contributed by atoms with E-state index in [0.29, 0.717) is 10.4 Å². The second-order valence-corrected chi connectivity index (χ2v) is 5.73. The van der Waals surface area contributed by atoms with Crippen LogP contribution in [0.2, 0.25) is 0 Å². The number of nitrogens with zero attached hydrogens (tertiary/aromatic N) is 2. The van der Waals surface area contributed by atoms with Crippen LogP contribution in [0.25, 0.3) is 0 Å². The number of alkyl halides is 1. The number of halogens is 1. The molecule has 4 nitrogen and oxygen atoms in total. The average Bonchev–Trinajstić information content (AvgIpc) is 2.74. The van der Waals surface area contributed by atoms with Gasteiger partial charge in [0, 0.05) is 24.1 Å². The van der Waals surface area contributed by atoms with Crippen molar-refractivity contribution in [3.63, 3.8) is 0 Å². The lowest BCUT2D eigenvalue weighted by Gasteiger charge is -2.20. The standard InChI is InChI=1S/C10H14BrN3O/c1-10(2)6-14(5-8(10)11)9(15)7-3-12-13-4-7/h3-4,8H,5-6H2,1-2H3,(H,12,13). The molecule has 1 atom stereocenters. The maximum absolute atomic E-state index is 12.0. The van der Waals surface area contributed by atoms with Crippen LogP contribution in [-0.2, 0) is 0 Å². The largest absolute Gasteiger partial charge is 0.337 e. The smallest absolute Gasteiger partial charge is 0.257 e. The van der Waals surface area contributed by atoms with Gasteiger partial charge in [0.15, 0.2) is 0 Å². The molecule has 2 rings (SSSR count). The van der Waals surface area contributed by atoms with Gasteiger partial charge < -0.3 is 4.90 Å². The lowest BCUT2D eigenvalue weighted by Crippen LogP contribution is -2.29. The number of carbonyl (C=O) groups is 1. The summed E-state index contributed by atoms with van der Waals surface area (Å²) in [6.45, 7) is 5.87. The maximum atomic E-state index is 12.0. The number of likely N-dealkylation sites (tertiary alicyclic amines) is 1. The van der Waals surface area contributed by atoms with E-state index >= 15 is 0 Å². The topological polar surface area (TPSA) is 49.0 Å². The van der Waals surface area contributed by atoms with Crippen LogP contribution in [0.4, 0.5) is 0 Å². The Morgan fingerprint density at radius 3 is 2.93 bits per heavy atom. The zero-order chi connectivity index (χ0) is 11.1. The number of H-pyrrole nitrogens is 1. The molecule has 15 heavy (non-hydrogen) atoms. The monoisotopic (exact) mass is 271 g/mol. The number of nitrogens with one attached hydrogen (secondary N) is 1. The minimum Gasteiger partial charge on any atom is -0.337 e. The van der Waals surface area contributed by atoms with Gasteiger partial charge in [-0.05, 0) is 5.41 Å². The second kappa shape index (κ2) is 3.63. The fourth-order valence-corrected chi connectivity index (χ4v) is 2.30. The molecular weight excluding hydrogens is 258 g/mol. The number of rotatable bonds is 1. The van der Waals surface area contributed by atoms with E-state index in [1.165, 1.54) is 0 Å². The molecule has 0 saturated carbocycles. The first-order valence-corrected chi connectivity index (χ1v) is 5.84. The van der Waals surface area contributed by atoms with Crippen LogP contribution in [-0.4, -0.2) is 38.9 Å². The van der Waals surface area contributed by atoms with E-state index in [4.69, 9.17) is 0 Å². The SMILES string of the molecule is CC1(C)CN(C(=O)c2cn[nH]c2)CC1Br. The normalized spacial score (nSPS) is 24.5. The summed E-state index contributed by atoms with van der Waals surface area (Å²) in [5.74, 6) is 0.0544. The van der Waals surface area contributed by atoms with Crippen LogP contribution in [0.15, 0.2) is 12.4 Å². The van der Waals surface area contributed by atoms with Crippen LogP contribution in [0.5, 0.6) is 0 Å². The summed E-state index contributed by atoms with van der Waals surface area (Å²) in [6.07, 6.45) is 3.20. The highest BCUT2D eigenvalue weighted by Crippen LogP contribution is 2.35. The van der Waals surface area contributed by atoms with Gasteiger partial charge in [0.05, 0.1) is 11.8 Å². The van der Waals surface area contributed by atoms with Crippen molar-refractivity contribution in [2.24, 2.45) is 5.41 Å². The second-order valence-electron chi connectivity index (χ2n) is 4.63. The molecule has 1 amide bonds. The van der Waals surface area contributed by atoms with E-state index in [0.717, 1.165) is 13.1 Å². The summed E-state index contributed by atoms with van der Waals surface area (Å²) >= 11 is 3.61. The molecule has 1 unspecified atom stereocenters. The zero-order valence-electron chi connectivity index (χ0n) is 8.83. The molecule has 1 aromatic heterocycles. The summed E-state index contributed by atoms with van der Waals surface area (Å²) in [4.78, 5) is 14.2.